The van der Waals surface area contributed by atoms with Gasteiger partial charge in [-0.3, -0.25) is 4.90 Å². The van der Waals surface area contributed by atoms with Gasteiger partial charge >= 0.3 is 0 Å². The maximum Gasteiger partial charge on any atom is 0.187 e. The molecule has 2 aromatic carbocycles. The maximum atomic E-state index is 5.75. The Labute approximate surface area is 180 Å². The number of fused-ring (bicyclic) bond motifs is 3. The van der Waals surface area contributed by atoms with Crippen molar-refractivity contribution in [2.75, 3.05) is 19.9 Å². The lowest BCUT2D eigenvalue weighted by atomic mass is 9.91. The zero-order valence-corrected chi connectivity index (χ0v) is 17.9. The van der Waals surface area contributed by atoms with Crippen LogP contribution in [-0.2, 0) is 13.0 Å². The van der Waals surface area contributed by atoms with Gasteiger partial charge in [0, 0.05) is 53.2 Å². The van der Waals surface area contributed by atoms with Gasteiger partial charge in [-0.15, -0.1) is 0 Å². The normalized spacial score (nSPS) is 16.5. The molecule has 5 rings (SSSR count). The van der Waals surface area contributed by atoms with Crippen molar-refractivity contribution in [2.24, 2.45) is 0 Å². The molecule has 0 bridgehead atoms. The Morgan fingerprint density at radius 3 is 2.67 bits per heavy atom. The minimum Gasteiger partial charge on any atom is -0.496 e. The Hall–Kier alpha value is -2.83. The molecule has 0 saturated carbocycles. The molecule has 0 saturated heterocycles. The smallest absolute Gasteiger partial charge is 0.187 e. The summed E-state index contributed by atoms with van der Waals surface area (Å²) in [6.45, 7) is 1.74. The zero-order chi connectivity index (χ0) is 20.5. The van der Waals surface area contributed by atoms with E-state index in [1.165, 1.54) is 27.7 Å². The van der Waals surface area contributed by atoms with E-state index in [4.69, 9.17) is 4.74 Å². The molecule has 1 atom stereocenters. The number of thioether (sulfide) groups is 1. The number of methoxy groups -OCH3 is 1. The quantitative estimate of drug-likeness (QED) is 0.373. The third-order valence-corrected chi connectivity index (χ3v) is 6.39. The summed E-state index contributed by atoms with van der Waals surface area (Å²) in [7, 11) is 1.74. The van der Waals surface area contributed by atoms with Crippen LogP contribution in [-0.4, -0.2) is 39.8 Å². The molecule has 0 radical (unpaired) electrons. The van der Waals surface area contributed by atoms with Gasteiger partial charge in [0.1, 0.15) is 5.75 Å². The first-order chi connectivity index (χ1) is 14.8. The number of hydrogen-bond acceptors (Lipinski definition) is 5. The van der Waals surface area contributed by atoms with E-state index in [9.17, 15) is 0 Å². The molecule has 4 aromatic rings. The molecule has 0 unspecified atom stereocenters. The molecule has 30 heavy (non-hydrogen) atoms. The van der Waals surface area contributed by atoms with Crippen LogP contribution in [0.4, 0.5) is 0 Å². The van der Waals surface area contributed by atoms with Gasteiger partial charge in [0.15, 0.2) is 5.16 Å². The highest BCUT2D eigenvalue weighted by Gasteiger charge is 2.33. The van der Waals surface area contributed by atoms with Crippen LogP contribution in [0, 0.1) is 0 Å². The molecule has 6 heteroatoms. The number of hydrogen-bond donors (Lipinski definition) is 1. The Bertz CT molecular complexity index is 1170. The first-order valence-electron chi connectivity index (χ1n) is 10.1. The van der Waals surface area contributed by atoms with E-state index in [1.807, 2.05) is 30.8 Å². The molecule has 0 spiro atoms. The van der Waals surface area contributed by atoms with Crippen molar-refractivity contribution in [1.82, 2.24) is 19.9 Å². The molecular weight excluding hydrogens is 392 g/mol. The predicted octanol–water partition coefficient (Wildman–Crippen LogP) is 4.84. The summed E-state index contributed by atoms with van der Waals surface area (Å²) < 4.78 is 5.75. The molecule has 1 aliphatic rings. The fourth-order valence-corrected chi connectivity index (χ4v) is 4.79. The summed E-state index contributed by atoms with van der Waals surface area (Å²) in [4.78, 5) is 15.1. The molecule has 3 heterocycles. The van der Waals surface area contributed by atoms with E-state index in [0.717, 1.165) is 36.0 Å². The number of ether oxygens (including phenoxy) is 1. The van der Waals surface area contributed by atoms with Crippen molar-refractivity contribution in [2.45, 2.75) is 24.2 Å². The van der Waals surface area contributed by atoms with Gasteiger partial charge in [-0.1, -0.05) is 48.2 Å². The molecule has 0 amide bonds. The molecule has 1 aliphatic heterocycles. The minimum absolute atomic E-state index is 0.0810. The van der Waals surface area contributed by atoms with Crippen molar-refractivity contribution < 1.29 is 4.74 Å². The average molecular weight is 417 g/mol. The van der Waals surface area contributed by atoms with Crippen LogP contribution in [0.25, 0.3) is 10.9 Å². The first-order valence-corrected chi connectivity index (χ1v) is 11.3. The highest BCUT2D eigenvalue weighted by molar-refractivity contribution is 7.98. The van der Waals surface area contributed by atoms with Crippen LogP contribution >= 0.6 is 11.8 Å². The summed E-state index contributed by atoms with van der Waals surface area (Å²) in [5.74, 6) is 0.910. The first kappa shape index (κ1) is 19.2. The fourth-order valence-electron chi connectivity index (χ4n) is 4.47. The van der Waals surface area contributed by atoms with Gasteiger partial charge in [-0.25, -0.2) is 9.97 Å². The number of rotatable bonds is 5. The molecule has 0 fully saturated rings. The molecule has 2 aromatic heterocycles. The number of nitrogens with zero attached hydrogens (tertiary/aromatic N) is 3. The largest absolute Gasteiger partial charge is 0.496 e. The van der Waals surface area contributed by atoms with Gasteiger partial charge in [-0.2, -0.15) is 0 Å². The fraction of sp³-hybridized carbons (Fsp3) is 0.250. The average Bonchev–Trinajstić information content (AvgIpc) is 3.18. The Kier molecular flexibility index (Phi) is 5.19. The maximum absolute atomic E-state index is 5.75. The lowest BCUT2D eigenvalue weighted by Gasteiger charge is -2.36. The molecule has 1 N–H and O–H groups in total. The van der Waals surface area contributed by atoms with Crippen LogP contribution in [0.2, 0.25) is 0 Å². The number of nitrogens with one attached hydrogen (secondary N) is 1. The van der Waals surface area contributed by atoms with Gasteiger partial charge in [-0.05, 0) is 30.4 Å². The Morgan fingerprint density at radius 1 is 1.10 bits per heavy atom. The van der Waals surface area contributed by atoms with E-state index >= 15 is 0 Å². The second-order valence-corrected chi connectivity index (χ2v) is 8.28. The number of H-pyrrole nitrogens is 1. The van der Waals surface area contributed by atoms with Crippen LogP contribution in [0.1, 0.15) is 28.4 Å². The van der Waals surface area contributed by atoms with Gasteiger partial charge in [0.25, 0.3) is 0 Å². The molecule has 0 aliphatic carbocycles. The van der Waals surface area contributed by atoms with E-state index in [0.29, 0.717) is 0 Å². The molecule has 152 valence electrons. The highest BCUT2D eigenvalue weighted by Crippen LogP contribution is 2.41. The number of aromatic nitrogens is 3. The second kappa shape index (κ2) is 8.13. The Balaban J connectivity index is 1.61. The minimum atomic E-state index is 0.0810. The van der Waals surface area contributed by atoms with E-state index < -0.39 is 0 Å². The number of para-hydroxylation sites is 2. The highest BCUT2D eigenvalue weighted by atomic mass is 32.2. The lowest BCUT2D eigenvalue weighted by Crippen LogP contribution is -2.36. The van der Waals surface area contributed by atoms with E-state index in [-0.39, 0.29) is 6.04 Å². The third kappa shape index (κ3) is 3.36. The van der Waals surface area contributed by atoms with Crippen LogP contribution < -0.4 is 4.74 Å². The summed E-state index contributed by atoms with van der Waals surface area (Å²) in [5.41, 5.74) is 6.15. The third-order valence-electron chi connectivity index (χ3n) is 5.82. The second-order valence-electron chi connectivity index (χ2n) is 7.51. The zero-order valence-electron chi connectivity index (χ0n) is 17.1. The van der Waals surface area contributed by atoms with Crippen molar-refractivity contribution in [3.63, 3.8) is 0 Å². The van der Waals surface area contributed by atoms with Crippen LogP contribution in [0.5, 0.6) is 5.75 Å². The van der Waals surface area contributed by atoms with Gasteiger partial charge < -0.3 is 9.72 Å². The Morgan fingerprint density at radius 2 is 1.87 bits per heavy atom. The number of aromatic amines is 1. The lowest BCUT2D eigenvalue weighted by molar-refractivity contribution is 0.198. The summed E-state index contributed by atoms with van der Waals surface area (Å²) in [6.07, 6.45) is 6.89. The SMILES string of the molecule is COc1ccccc1[C@H]1c2[nH]c3ccccc3c2CCN1Cc1cnc(SC)nc1. The van der Waals surface area contributed by atoms with Crippen LogP contribution in [0.3, 0.4) is 0 Å². The summed E-state index contributed by atoms with van der Waals surface area (Å²) >= 11 is 1.56. The van der Waals surface area contributed by atoms with Crippen molar-refractivity contribution >= 4 is 22.7 Å². The summed E-state index contributed by atoms with van der Waals surface area (Å²) in [5, 5.41) is 2.12. The van der Waals surface area contributed by atoms with E-state index in [1.54, 1.807) is 18.9 Å². The molecular formula is C24H24N4OS. The van der Waals surface area contributed by atoms with Crippen LogP contribution in [0.15, 0.2) is 66.1 Å². The standard InChI is InChI=1S/C24H24N4OS/c1-29-21-10-6-4-8-19(21)23-22-18(17-7-3-5-9-20(17)27-22)11-12-28(23)15-16-13-25-24(30-2)26-14-16/h3-10,13-14,23,27H,11-12,15H2,1-2H3/t23-/m0/s1. The van der Waals surface area contributed by atoms with Crippen molar-refractivity contribution in [3.8, 4) is 5.75 Å². The summed E-state index contributed by atoms with van der Waals surface area (Å²) in [6, 6.07) is 17.0. The van der Waals surface area contributed by atoms with Crippen molar-refractivity contribution in [1.29, 1.82) is 0 Å². The van der Waals surface area contributed by atoms with Gasteiger partial charge in [0.2, 0.25) is 0 Å². The topological polar surface area (TPSA) is 54.0 Å². The van der Waals surface area contributed by atoms with E-state index in [2.05, 4.69) is 56.3 Å². The van der Waals surface area contributed by atoms with Gasteiger partial charge in [0.05, 0.1) is 13.2 Å². The number of benzene rings is 2. The van der Waals surface area contributed by atoms with Crippen molar-refractivity contribution in [3.05, 3.63) is 83.3 Å². The molecule has 5 nitrogen and oxygen atoms in total. The predicted molar refractivity (Wildman–Crippen MR) is 121 cm³/mol. The monoisotopic (exact) mass is 416 g/mol.